The highest BCUT2D eigenvalue weighted by Crippen LogP contribution is 2.29. The molecule has 0 bridgehead atoms. The smallest absolute Gasteiger partial charge is 0.126 e. The summed E-state index contributed by atoms with van der Waals surface area (Å²) in [4.78, 5) is 0. The van der Waals surface area contributed by atoms with E-state index in [1.54, 1.807) is 6.92 Å². The van der Waals surface area contributed by atoms with Gasteiger partial charge in [-0.25, -0.2) is 0 Å². The lowest BCUT2D eigenvalue weighted by atomic mass is 10.1. The van der Waals surface area contributed by atoms with Gasteiger partial charge < -0.3 is 14.6 Å². The number of hydrogen-bond acceptors (Lipinski definition) is 3. The Hall–Kier alpha value is -0.580. The van der Waals surface area contributed by atoms with Crippen molar-refractivity contribution in [2.24, 2.45) is 5.92 Å². The molecule has 1 aliphatic heterocycles. The van der Waals surface area contributed by atoms with Crippen LogP contribution in [0.15, 0.2) is 22.7 Å². The predicted molar refractivity (Wildman–Crippen MR) is 69.2 cm³/mol. The van der Waals surface area contributed by atoms with Crippen molar-refractivity contribution in [1.29, 1.82) is 0 Å². The van der Waals surface area contributed by atoms with E-state index < -0.39 is 6.10 Å². The summed E-state index contributed by atoms with van der Waals surface area (Å²) in [5, 5.41) is 9.67. The summed E-state index contributed by atoms with van der Waals surface area (Å²) >= 11 is 3.41. The number of benzene rings is 1. The molecular formula is C13H17BrO3. The molecular weight excluding hydrogens is 284 g/mol. The lowest BCUT2D eigenvalue weighted by molar-refractivity contribution is 0.162. The molecule has 1 N–H and O–H groups in total. The van der Waals surface area contributed by atoms with Crippen molar-refractivity contribution in [3.63, 3.8) is 0 Å². The normalized spacial score (nSPS) is 21.5. The highest BCUT2D eigenvalue weighted by molar-refractivity contribution is 9.10. The molecule has 1 fully saturated rings. The van der Waals surface area contributed by atoms with E-state index in [4.69, 9.17) is 9.47 Å². The molecule has 3 nitrogen and oxygen atoms in total. The maximum Gasteiger partial charge on any atom is 0.126 e. The summed E-state index contributed by atoms with van der Waals surface area (Å²) in [5.41, 5.74) is 0.826. The van der Waals surface area contributed by atoms with Gasteiger partial charge in [-0.05, 0) is 25.5 Å². The molecule has 0 aromatic heterocycles. The molecule has 1 aromatic rings. The monoisotopic (exact) mass is 300 g/mol. The maximum atomic E-state index is 9.67. The Balaban J connectivity index is 2.04. The third kappa shape index (κ3) is 3.44. The fourth-order valence-electron chi connectivity index (χ4n) is 1.90. The Morgan fingerprint density at radius 3 is 3.06 bits per heavy atom. The second kappa shape index (κ2) is 5.85. The Morgan fingerprint density at radius 2 is 2.41 bits per heavy atom. The van der Waals surface area contributed by atoms with Crippen molar-refractivity contribution in [3.05, 3.63) is 28.2 Å². The van der Waals surface area contributed by atoms with Crippen LogP contribution in [0.25, 0.3) is 0 Å². The molecule has 2 rings (SSSR count). The number of hydrogen-bond donors (Lipinski definition) is 1. The van der Waals surface area contributed by atoms with Crippen molar-refractivity contribution in [2.75, 3.05) is 19.8 Å². The van der Waals surface area contributed by atoms with Crippen molar-refractivity contribution >= 4 is 15.9 Å². The molecule has 0 spiro atoms. The van der Waals surface area contributed by atoms with Crippen LogP contribution in [0.5, 0.6) is 5.75 Å². The van der Waals surface area contributed by atoms with Gasteiger partial charge in [-0.3, -0.25) is 0 Å². The van der Waals surface area contributed by atoms with Gasteiger partial charge in [0.1, 0.15) is 5.75 Å². The van der Waals surface area contributed by atoms with Crippen LogP contribution in [0.2, 0.25) is 0 Å². The largest absolute Gasteiger partial charge is 0.493 e. The van der Waals surface area contributed by atoms with Crippen LogP contribution in [-0.4, -0.2) is 24.9 Å². The zero-order chi connectivity index (χ0) is 12.3. The molecule has 4 heteroatoms. The van der Waals surface area contributed by atoms with Crippen LogP contribution in [-0.2, 0) is 4.74 Å². The number of rotatable bonds is 4. The zero-order valence-corrected chi connectivity index (χ0v) is 11.4. The van der Waals surface area contributed by atoms with Crippen molar-refractivity contribution in [3.8, 4) is 5.75 Å². The van der Waals surface area contributed by atoms with Gasteiger partial charge in [0, 0.05) is 22.6 Å². The first-order chi connectivity index (χ1) is 8.16. The van der Waals surface area contributed by atoms with Gasteiger partial charge in [0.15, 0.2) is 0 Å². The fourth-order valence-corrected chi connectivity index (χ4v) is 2.24. The summed E-state index contributed by atoms with van der Waals surface area (Å²) in [6, 6.07) is 5.70. The standard InChI is InChI=1S/C13H17BrO3/c1-9(15)12-3-2-11(14)6-13(12)17-8-10-4-5-16-7-10/h2-3,6,9-10,15H,4-5,7-8H2,1H3/t9-,10?/m1/s1. The summed E-state index contributed by atoms with van der Waals surface area (Å²) in [5.74, 6) is 1.22. The first-order valence-electron chi connectivity index (χ1n) is 5.85. The van der Waals surface area contributed by atoms with Crippen molar-refractivity contribution in [2.45, 2.75) is 19.4 Å². The van der Waals surface area contributed by atoms with Gasteiger partial charge in [0.2, 0.25) is 0 Å². The second-order valence-corrected chi connectivity index (χ2v) is 5.31. The van der Waals surface area contributed by atoms with E-state index in [1.807, 2.05) is 18.2 Å². The van der Waals surface area contributed by atoms with E-state index in [2.05, 4.69) is 15.9 Å². The molecule has 0 saturated carbocycles. The molecule has 0 amide bonds. The van der Waals surface area contributed by atoms with E-state index in [0.717, 1.165) is 35.4 Å². The molecule has 1 unspecified atom stereocenters. The molecule has 1 heterocycles. The Morgan fingerprint density at radius 1 is 1.59 bits per heavy atom. The summed E-state index contributed by atoms with van der Waals surface area (Å²) < 4.78 is 12.1. The molecule has 2 atom stereocenters. The molecule has 0 aliphatic carbocycles. The molecule has 1 aromatic carbocycles. The first kappa shape index (κ1) is 12.9. The lowest BCUT2D eigenvalue weighted by Crippen LogP contribution is -2.12. The fraction of sp³-hybridized carbons (Fsp3) is 0.538. The van der Waals surface area contributed by atoms with E-state index >= 15 is 0 Å². The van der Waals surface area contributed by atoms with Crippen LogP contribution >= 0.6 is 15.9 Å². The zero-order valence-electron chi connectivity index (χ0n) is 9.86. The first-order valence-corrected chi connectivity index (χ1v) is 6.64. The van der Waals surface area contributed by atoms with E-state index in [9.17, 15) is 5.11 Å². The summed E-state index contributed by atoms with van der Waals surface area (Å²) in [6.07, 6.45) is 0.538. The minimum Gasteiger partial charge on any atom is -0.493 e. The molecule has 17 heavy (non-hydrogen) atoms. The van der Waals surface area contributed by atoms with Crippen LogP contribution in [0, 0.1) is 5.92 Å². The van der Waals surface area contributed by atoms with Crippen molar-refractivity contribution in [1.82, 2.24) is 0 Å². The number of ether oxygens (including phenoxy) is 2. The average Bonchev–Trinajstić information content (AvgIpc) is 2.78. The third-order valence-corrected chi connectivity index (χ3v) is 3.42. The highest BCUT2D eigenvalue weighted by Gasteiger charge is 2.17. The maximum absolute atomic E-state index is 9.67. The van der Waals surface area contributed by atoms with Crippen LogP contribution in [0.4, 0.5) is 0 Å². The van der Waals surface area contributed by atoms with Crippen LogP contribution < -0.4 is 4.74 Å². The Kier molecular flexibility index (Phi) is 4.42. The minimum absolute atomic E-state index is 0.468. The minimum atomic E-state index is -0.516. The SMILES string of the molecule is C[C@@H](O)c1ccc(Br)cc1OCC1CCOC1. The summed E-state index contributed by atoms with van der Waals surface area (Å²) in [6.45, 7) is 4.00. The topological polar surface area (TPSA) is 38.7 Å². The molecule has 0 radical (unpaired) electrons. The van der Waals surface area contributed by atoms with Crippen molar-refractivity contribution < 1.29 is 14.6 Å². The highest BCUT2D eigenvalue weighted by atomic mass is 79.9. The summed E-state index contributed by atoms with van der Waals surface area (Å²) in [7, 11) is 0. The van der Waals surface area contributed by atoms with Gasteiger partial charge in [0.05, 0.1) is 19.3 Å². The lowest BCUT2D eigenvalue weighted by Gasteiger charge is -2.15. The van der Waals surface area contributed by atoms with Crippen LogP contribution in [0.1, 0.15) is 25.0 Å². The predicted octanol–water partition coefficient (Wildman–Crippen LogP) is 2.92. The third-order valence-electron chi connectivity index (χ3n) is 2.92. The Bertz CT molecular complexity index is 373. The second-order valence-electron chi connectivity index (χ2n) is 4.40. The van der Waals surface area contributed by atoms with Gasteiger partial charge in [-0.1, -0.05) is 22.0 Å². The van der Waals surface area contributed by atoms with E-state index in [0.29, 0.717) is 12.5 Å². The van der Waals surface area contributed by atoms with Crippen LogP contribution in [0.3, 0.4) is 0 Å². The average molecular weight is 301 g/mol. The number of aliphatic hydroxyl groups is 1. The molecule has 1 aliphatic rings. The quantitative estimate of drug-likeness (QED) is 0.929. The number of aliphatic hydroxyl groups excluding tert-OH is 1. The van der Waals surface area contributed by atoms with Gasteiger partial charge >= 0.3 is 0 Å². The van der Waals surface area contributed by atoms with Gasteiger partial charge in [-0.15, -0.1) is 0 Å². The van der Waals surface area contributed by atoms with E-state index in [1.165, 1.54) is 0 Å². The molecule has 94 valence electrons. The van der Waals surface area contributed by atoms with Gasteiger partial charge in [-0.2, -0.15) is 0 Å². The van der Waals surface area contributed by atoms with Gasteiger partial charge in [0.25, 0.3) is 0 Å². The Labute approximate surface area is 110 Å². The molecule has 1 saturated heterocycles. The number of halogens is 1. The van der Waals surface area contributed by atoms with E-state index in [-0.39, 0.29) is 0 Å².